The van der Waals surface area contributed by atoms with E-state index in [1.54, 1.807) is 0 Å². The number of sulfone groups is 1. The standard InChI is InChI=1S/C20H33NO3S/c1-14(2)13-25(23,24)12-11-19(22)21-20(16(5)6)18-9-7-17(8-10-18)15(3)4/h7-10,14-16,20H,11-13H2,1-6H3,(H,21,22)/t20-/m0/s1. The lowest BCUT2D eigenvalue weighted by atomic mass is 9.93. The second-order valence-corrected chi connectivity index (χ2v) is 10.1. The highest BCUT2D eigenvalue weighted by Gasteiger charge is 2.20. The van der Waals surface area contributed by atoms with Crippen molar-refractivity contribution in [3.63, 3.8) is 0 Å². The minimum absolute atomic E-state index is 0.0162. The van der Waals surface area contributed by atoms with Crippen molar-refractivity contribution < 1.29 is 13.2 Å². The molecule has 25 heavy (non-hydrogen) atoms. The average molecular weight is 368 g/mol. The van der Waals surface area contributed by atoms with Crippen LogP contribution in [0.3, 0.4) is 0 Å². The molecule has 142 valence electrons. The Kier molecular flexibility index (Phi) is 8.13. The van der Waals surface area contributed by atoms with Gasteiger partial charge in [-0.1, -0.05) is 65.8 Å². The van der Waals surface area contributed by atoms with Crippen molar-refractivity contribution >= 4 is 15.7 Å². The van der Waals surface area contributed by atoms with E-state index in [4.69, 9.17) is 0 Å². The van der Waals surface area contributed by atoms with Crippen molar-refractivity contribution in [2.75, 3.05) is 11.5 Å². The molecule has 0 aliphatic heterocycles. The summed E-state index contributed by atoms with van der Waals surface area (Å²) in [5.74, 6) is 0.599. The molecule has 1 aromatic rings. The number of carbonyl (C=O) groups excluding carboxylic acids is 1. The first kappa shape index (κ1) is 21.7. The van der Waals surface area contributed by atoms with E-state index in [1.165, 1.54) is 5.56 Å². The Hall–Kier alpha value is -1.36. The van der Waals surface area contributed by atoms with Gasteiger partial charge in [0.05, 0.1) is 17.5 Å². The third kappa shape index (κ3) is 7.59. The lowest BCUT2D eigenvalue weighted by Crippen LogP contribution is -2.33. The van der Waals surface area contributed by atoms with Crippen molar-refractivity contribution in [1.29, 1.82) is 0 Å². The first-order valence-corrected chi connectivity index (χ1v) is 10.9. The zero-order valence-corrected chi connectivity index (χ0v) is 17.2. The fourth-order valence-corrected chi connectivity index (χ4v) is 4.49. The van der Waals surface area contributed by atoms with Gasteiger partial charge in [-0.25, -0.2) is 8.42 Å². The topological polar surface area (TPSA) is 63.2 Å². The van der Waals surface area contributed by atoms with E-state index in [0.717, 1.165) is 5.56 Å². The Balaban J connectivity index is 2.73. The lowest BCUT2D eigenvalue weighted by Gasteiger charge is -2.23. The highest BCUT2D eigenvalue weighted by molar-refractivity contribution is 7.91. The molecule has 0 aromatic heterocycles. The van der Waals surface area contributed by atoms with Gasteiger partial charge < -0.3 is 5.32 Å². The van der Waals surface area contributed by atoms with Crippen LogP contribution in [0.1, 0.15) is 71.0 Å². The summed E-state index contributed by atoms with van der Waals surface area (Å²) in [6, 6.07) is 8.18. The van der Waals surface area contributed by atoms with Crippen molar-refractivity contribution in [2.45, 2.75) is 59.9 Å². The number of hydrogen-bond donors (Lipinski definition) is 1. The van der Waals surface area contributed by atoms with Gasteiger partial charge in [0, 0.05) is 6.42 Å². The van der Waals surface area contributed by atoms with E-state index in [2.05, 4.69) is 57.3 Å². The molecule has 0 radical (unpaired) electrons. The molecule has 0 bridgehead atoms. The zero-order chi connectivity index (χ0) is 19.2. The highest BCUT2D eigenvalue weighted by atomic mass is 32.2. The van der Waals surface area contributed by atoms with Gasteiger partial charge in [-0.2, -0.15) is 0 Å². The van der Waals surface area contributed by atoms with Crippen LogP contribution in [-0.2, 0) is 14.6 Å². The summed E-state index contributed by atoms with van der Waals surface area (Å²) < 4.78 is 23.9. The Morgan fingerprint density at radius 2 is 1.48 bits per heavy atom. The van der Waals surface area contributed by atoms with Gasteiger partial charge in [0.1, 0.15) is 0 Å². The number of hydrogen-bond acceptors (Lipinski definition) is 3. The summed E-state index contributed by atoms with van der Waals surface area (Å²) >= 11 is 0. The average Bonchev–Trinajstić information content (AvgIpc) is 2.49. The minimum Gasteiger partial charge on any atom is -0.349 e. The smallest absolute Gasteiger partial charge is 0.221 e. The maximum Gasteiger partial charge on any atom is 0.221 e. The van der Waals surface area contributed by atoms with Crippen molar-refractivity contribution in [2.24, 2.45) is 11.8 Å². The molecular weight excluding hydrogens is 334 g/mol. The van der Waals surface area contributed by atoms with Gasteiger partial charge in [-0.05, 0) is 28.9 Å². The summed E-state index contributed by atoms with van der Waals surface area (Å²) in [5, 5.41) is 3.00. The van der Waals surface area contributed by atoms with Crippen LogP contribution in [0.25, 0.3) is 0 Å². The highest BCUT2D eigenvalue weighted by Crippen LogP contribution is 2.24. The molecule has 1 aromatic carbocycles. The van der Waals surface area contributed by atoms with Crippen LogP contribution >= 0.6 is 0 Å². The minimum atomic E-state index is -3.17. The summed E-state index contributed by atoms with van der Waals surface area (Å²) in [7, 11) is -3.17. The maximum absolute atomic E-state index is 12.3. The number of benzene rings is 1. The number of carbonyl (C=O) groups is 1. The normalized spacial score (nSPS) is 13.5. The lowest BCUT2D eigenvalue weighted by molar-refractivity contribution is -0.121. The van der Waals surface area contributed by atoms with Crippen LogP contribution in [0.15, 0.2) is 24.3 Å². The Morgan fingerprint density at radius 1 is 0.960 bits per heavy atom. The Labute approximate surface area is 153 Å². The van der Waals surface area contributed by atoms with Crippen LogP contribution in [0.4, 0.5) is 0 Å². The second kappa shape index (κ2) is 9.37. The van der Waals surface area contributed by atoms with Crippen molar-refractivity contribution in [1.82, 2.24) is 5.32 Å². The van der Waals surface area contributed by atoms with Crippen molar-refractivity contribution in [3.8, 4) is 0 Å². The third-order valence-corrected chi connectivity index (χ3v) is 6.17. The predicted molar refractivity (Wildman–Crippen MR) is 104 cm³/mol. The van der Waals surface area contributed by atoms with Gasteiger partial charge in [0.25, 0.3) is 0 Å². The molecule has 0 aliphatic rings. The van der Waals surface area contributed by atoms with Crippen LogP contribution in [0.5, 0.6) is 0 Å². The van der Waals surface area contributed by atoms with Crippen LogP contribution in [0, 0.1) is 11.8 Å². The molecule has 4 nitrogen and oxygen atoms in total. The molecule has 0 spiro atoms. The fourth-order valence-electron chi connectivity index (χ4n) is 2.81. The molecule has 1 rings (SSSR count). The molecular formula is C20H33NO3S. The summed E-state index contributed by atoms with van der Waals surface area (Å²) in [6.45, 7) is 12.1. The fraction of sp³-hybridized carbons (Fsp3) is 0.650. The van der Waals surface area contributed by atoms with E-state index in [0.29, 0.717) is 5.92 Å². The molecule has 0 saturated carbocycles. The van der Waals surface area contributed by atoms with E-state index in [-0.39, 0.29) is 41.7 Å². The third-order valence-electron chi connectivity index (χ3n) is 4.17. The largest absolute Gasteiger partial charge is 0.349 e. The SMILES string of the molecule is CC(C)CS(=O)(=O)CCC(=O)N[C@H](c1ccc(C(C)C)cc1)C(C)C. The summed E-state index contributed by atoms with van der Waals surface area (Å²) in [4.78, 5) is 12.3. The molecule has 1 atom stereocenters. The molecule has 0 heterocycles. The van der Waals surface area contributed by atoms with E-state index < -0.39 is 9.84 Å². The van der Waals surface area contributed by atoms with Gasteiger partial charge in [0.2, 0.25) is 5.91 Å². The van der Waals surface area contributed by atoms with E-state index in [1.807, 2.05) is 13.8 Å². The number of rotatable bonds is 9. The molecule has 5 heteroatoms. The first-order valence-electron chi connectivity index (χ1n) is 9.11. The van der Waals surface area contributed by atoms with Gasteiger partial charge in [-0.15, -0.1) is 0 Å². The first-order chi connectivity index (χ1) is 11.5. The zero-order valence-electron chi connectivity index (χ0n) is 16.4. The number of amides is 1. The summed E-state index contributed by atoms with van der Waals surface area (Å²) in [5.41, 5.74) is 2.31. The van der Waals surface area contributed by atoms with E-state index >= 15 is 0 Å². The maximum atomic E-state index is 12.3. The monoisotopic (exact) mass is 367 g/mol. The van der Waals surface area contributed by atoms with Gasteiger partial charge in [0.15, 0.2) is 9.84 Å². The molecule has 0 unspecified atom stereocenters. The van der Waals surface area contributed by atoms with Crippen LogP contribution < -0.4 is 5.32 Å². The second-order valence-electron chi connectivity index (χ2n) is 7.87. The molecule has 0 aliphatic carbocycles. The molecule has 0 fully saturated rings. The van der Waals surface area contributed by atoms with Gasteiger partial charge >= 0.3 is 0 Å². The predicted octanol–water partition coefficient (Wildman–Crippen LogP) is 4.08. The molecule has 0 saturated heterocycles. The van der Waals surface area contributed by atoms with Crippen LogP contribution in [-0.4, -0.2) is 25.8 Å². The molecule has 1 N–H and O–H groups in total. The molecule has 1 amide bonds. The quantitative estimate of drug-likeness (QED) is 0.715. The summed E-state index contributed by atoms with van der Waals surface area (Å²) in [6.07, 6.45) is 0.0162. The Morgan fingerprint density at radius 3 is 1.92 bits per heavy atom. The van der Waals surface area contributed by atoms with Crippen molar-refractivity contribution in [3.05, 3.63) is 35.4 Å². The Bertz CT molecular complexity index is 646. The van der Waals surface area contributed by atoms with Crippen LogP contribution in [0.2, 0.25) is 0 Å². The number of nitrogens with one attached hydrogen (secondary N) is 1. The van der Waals surface area contributed by atoms with Gasteiger partial charge in [-0.3, -0.25) is 4.79 Å². The van der Waals surface area contributed by atoms with E-state index in [9.17, 15) is 13.2 Å².